The molecule has 0 amide bonds. The van der Waals surface area contributed by atoms with Crippen LogP contribution < -0.4 is 10.6 Å². The second kappa shape index (κ2) is 4.77. The van der Waals surface area contributed by atoms with Crippen LogP contribution >= 0.6 is 0 Å². The summed E-state index contributed by atoms with van der Waals surface area (Å²) in [4.78, 5) is 22.3. The number of piperidine rings is 1. The van der Waals surface area contributed by atoms with E-state index in [9.17, 15) is 4.79 Å². The lowest BCUT2D eigenvalue weighted by molar-refractivity contribution is 0.0593. The van der Waals surface area contributed by atoms with Crippen LogP contribution in [0.1, 0.15) is 36.2 Å². The van der Waals surface area contributed by atoms with Crippen molar-refractivity contribution >= 4 is 11.8 Å². The van der Waals surface area contributed by atoms with E-state index < -0.39 is 5.97 Å². The van der Waals surface area contributed by atoms with Crippen molar-refractivity contribution in [1.29, 1.82) is 0 Å². The second-order valence-electron chi connectivity index (χ2n) is 5.28. The summed E-state index contributed by atoms with van der Waals surface area (Å²) >= 11 is 0. The van der Waals surface area contributed by atoms with Gasteiger partial charge in [-0.15, -0.1) is 0 Å². The molecule has 6 nitrogen and oxygen atoms in total. The number of ether oxygens (including phenoxy) is 1. The number of hydrogen-bond donors (Lipinski definition) is 1. The predicted molar refractivity (Wildman–Crippen MR) is 69.9 cm³/mol. The van der Waals surface area contributed by atoms with E-state index in [2.05, 4.69) is 19.6 Å². The van der Waals surface area contributed by atoms with Crippen LogP contribution in [0.15, 0.2) is 12.4 Å². The Balaban J connectivity index is 1.89. The Hall–Kier alpha value is -1.69. The van der Waals surface area contributed by atoms with E-state index in [0.717, 1.165) is 31.5 Å². The highest BCUT2D eigenvalue weighted by atomic mass is 16.5. The topological polar surface area (TPSA) is 81.3 Å². The summed E-state index contributed by atoms with van der Waals surface area (Å²) in [6.07, 6.45) is 7.41. The molecule has 19 heavy (non-hydrogen) atoms. The Kier molecular flexibility index (Phi) is 3.10. The molecule has 0 aliphatic carbocycles. The molecule has 1 aromatic rings. The van der Waals surface area contributed by atoms with Crippen LogP contribution in [0.2, 0.25) is 0 Å². The van der Waals surface area contributed by atoms with Crippen molar-refractivity contribution in [3.05, 3.63) is 18.1 Å². The number of carbonyl (C=O) groups is 1. The minimum Gasteiger partial charge on any atom is -0.464 e. The lowest BCUT2D eigenvalue weighted by atomic mass is 9.98. The number of esters is 1. The SMILES string of the molecule is COC(=O)c1cncc(N2C3CCC2CC(N)C3)n1. The molecule has 2 fully saturated rings. The quantitative estimate of drug-likeness (QED) is 0.791. The van der Waals surface area contributed by atoms with Gasteiger partial charge in [-0.2, -0.15) is 0 Å². The monoisotopic (exact) mass is 262 g/mol. The molecule has 0 radical (unpaired) electrons. The first-order valence-corrected chi connectivity index (χ1v) is 6.63. The molecule has 0 aromatic carbocycles. The van der Waals surface area contributed by atoms with Gasteiger partial charge < -0.3 is 15.4 Å². The minimum atomic E-state index is -0.449. The van der Waals surface area contributed by atoms with E-state index in [4.69, 9.17) is 5.73 Å². The standard InChI is InChI=1S/C13H18N4O2/c1-19-13(18)11-6-15-7-12(16-11)17-9-2-3-10(17)5-8(14)4-9/h6-10H,2-5,14H2,1H3. The minimum absolute atomic E-state index is 0.259. The summed E-state index contributed by atoms with van der Waals surface area (Å²) in [6.45, 7) is 0. The third-order valence-electron chi connectivity index (χ3n) is 4.05. The van der Waals surface area contributed by atoms with Crippen LogP contribution in [0.4, 0.5) is 5.82 Å². The summed E-state index contributed by atoms with van der Waals surface area (Å²) in [5, 5.41) is 0. The van der Waals surface area contributed by atoms with Gasteiger partial charge in [0.1, 0.15) is 5.82 Å². The highest BCUT2D eigenvalue weighted by Gasteiger charge is 2.40. The Bertz CT molecular complexity index is 479. The van der Waals surface area contributed by atoms with Gasteiger partial charge in [0.25, 0.3) is 0 Å². The predicted octanol–water partition coefficient (Wildman–Crippen LogP) is 0.722. The van der Waals surface area contributed by atoms with Gasteiger partial charge in [-0.25, -0.2) is 9.78 Å². The number of methoxy groups -OCH3 is 1. The zero-order valence-electron chi connectivity index (χ0n) is 11.0. The number of anilines is 1. The number of fused-ring (bicyclic) bond motifs is 2. The van der Waals surface area contributed by atoms with Crippen LogP contribution in [0.5, 0.6) is 0 Å². The molecule has 2 bridgehead atoms. The molecular weight excluding hydrogens is 244 g/mol. The molecule has 2 unspecified atom stereocenters. The first-order valence-electron chi connectivity index (χ1n) is 6.63. The molecule has 3 heterocycles. The van der Waals surface area contributed by atoms with Gasteiger partial charge in [-0.1, -0.05) is 0 Å². The van der Waals surface area contributed by atoms with Crippen molar-refractivity contribution in [2.75, 3.05) is 12.0 Å². The Morgan fingerprint density at radius 2 is 2.05 bits per heavy atom. The van der Waals surface area contributed by atoms with E-state index >= 15 is 0 Å². The maximum absolute atomic E-state index is 11.5. The van der Waals surface area contributed by atoms with E-state index in [0.29, 0.717) is 12.1 Å². The number of hydrogen-bond acceptors (Lipinski definition) is 6. The lowest BCUT2D eigenvalue weighted by Crippen LogP contribution is -2.48. The highest BCUT2D eigenvalue weighted by Crippen LogP contribution is 2.37. The fourth-order valence-electron chi connectivity index (χ4n) is 3.28. The molecule has 0 spiro atoms. The highest BCUT2D eigenvalue weighted by molar-refractivity contribution is 5.87. The zero-order valence-corrected chi connectivity index (χ0v) is 11.0. The average molecular weight is 262 g/mol. The maximum Gasteiger partial charge on any atom is 0.358 e. The molecule has 0 saturated carbocycles. The van der Waals surface area contributed by atoms with Gasteiger partial charge >= 0.3 is 5.97 Å². The van der Waals surface area contributed by atoms with Crippen LogP contribution in [0.3, 0.4) is 0 Å². The summed E-state index contributed by atoms with van der Waals surface area (Å²) in [6, 6.07) is 1.14. The van der Waals surface area contributed by atoms with Crippen molar-refractivity contribution in [2.24, 2.45) is 5.73 Å². The van der Waals surface area contributed by atoms with Crippen LogP contribution in [-0.2, 0) is 4.74 Å². The van der Waals surface area contributed by atoms with Crippen LogP contribution in [-0.4, -0.2) is 41.2 Å². The molecule has 6 heteroatoms. The fraction of sp³-hybridized carbons (Fsp3) is 0.615. The molecule has 102 valence electrons. The zero-order chi connectivity index (χ0) is 13.4. The summed E-state index contributed by atoms with van der Waals surface area (Å²) < 4.78 is 4.68. The number of rotatable bonds is 2. The second-order valence-corrected chi connectivity index (χ2v) is 5.28. The average Bonchev–Trinajstić information content (AvgIpc) is 2.70. The molecule has 2 atom stereocenters. The summed E-state index contributed by atoms with van der Waals surface area (Å²) in [5.41, 5.74) is 6.32. The maximum atomic E-state index is 11.5. The van der Waals surface area contributed by atoms with Crippen molar-refractivity contribution in [1.82, 2.24) is 9.97 Å². The van der Waals surface area contributed by atoms with Gasteiger partial charge in [-0.05, 0) is 25.7 Å². The first kappa shape index (κ1) is 12.3. The largest absolute Gasteiger partial charge is 0.464 e. The molecule has 3 rings (SSSR count). The third kappa shape index (κ3) is 2.16. The Labute approximate surface area is 112 Å². The van der Waals surface area contributed by atoms with Gasteiger partial charge in [0, 0.05) is 18.1 Å². The normalized spacial score (nSPS) is 29.4. The Morgan fingerprint density at radius 3 is 2.68 bits per heavy atom. The first-order chi connectivity index (χ1) is 9.19. The van der Waals surface area contributed by atoms with E-state index in [1.807, 2.05) is 0 Å². The van der Waals surface area contributed by atoms with E-state index in [1.165, 1.54) is 13.3 Å². The van der Waals surface area contributed by atoms with Gasteiger partial charge in [0.15, 0.2) is 5.69 Å². The molecule has 2 saturated heterocycles. The van der Waals surface area contributed by atoms with Crippen molar-refractivity contribution in [3.8, 4) is 0 Å². The third-order valence-corrected chi connectivity index (χ3v) is 4.05. The van der Waals surface area contributed by atoms with Crippen LogP contribution in [0.25, 0.3) is 0 Å². The van der Waals surface area contributed by atoms with E-state index in [-0.39, 0.29) is 11.7 Å². The fourth-order valence-corrected chi connectivity index (χ4v) is 3.28. The molecule has 1 aromatic heterocycles. The van der Waals surface area contributed by atoms with Crippen molar-refractivity contribution < 1.29 is 9.53 Å². The molecule has 2 N–H and O–H groups in total. The smallest absolute Gasteiger partial charge is 0.358 e. The van der Waals surface area contributed by atoms with Crippen molar-refractivity contribution in [3.63, 3.8) is 0 Å². The van der Waals surface area contributed by atoms with Gasteiger partial charge in [0.05, 0.1) is 19.5 Å². The number of carbonyl (C=O) groups excluding carboxylic acids is 1. The van der Waals surface area contributed by atoms with Crippen LogP contribution in [0, 0.1) is 0 Å². The number of nitrogens with zero attached hydrogens (tertiary/aromatic N) is 3. The number of nitrogens with two attached hydrogens (primary N) is 1. The Morgan fingerprint density at radius 1 is 1.37 bits per heavy atom. The summed E-state index contributed by atoms with van der Waals surface area (Å²) in [5.74, 6) is 0.317. The molecule has 2 aliphatic rings. The van der Waals surface area contributed by atoms with Gasteiger partial charge in [-0.3, -0.25) is 4.98 Å². The molecule has 2 aliphatic heterocycles. The van der Waals surface area contributed by atoms with E-state index in [1.54, 1.807) is 6.20 Å². The molecular formula is C13H18N4O2. The lowest BCUT2D eigenvalue weighted by Gasteiger charge is -2.38. The number of aromatic nitrogens is 2. The summed E-state index contributed by atoms with van der Waals surface area (Å²) in [7, 11) is 1.35. The van der Waals surface area contributed by atoms with Crippen molar-refractivity contribution in [2.45, 2.75) is 43.8 Å². The van der Waals surface area contributed by atoms with Gasteiger partial charge in [0.2, 0.25) is 0 Å².